The average molecular weight is 558 g/mol. The van der Waals surface area contributed by atoms with E-state index >= 15 is 0 Å². The van der Waals surface area contributed by atoms with Crippen molar-refractivity contribution in [3.8, 4) is 5.75 Å². The van der Waals surface area contributed by atoms with Gasteiger partial charge >= 0.3 is 0 Å². The zero-order valence-electron chi connectivity index (χ0n) is 22.5. The molecule has 0 atom stereocenters. The van der Waals surface area contributed by atoms with E-state index in [1.807, 2.05) is 19.9 Å². The van der Waals surface area contributed by atoms with Crippen LogP contribution in [0.2, 0.25) is 5.02 Å². The molecular weight excluding hydrogens is 522 g/mol. The number of para-hydroxylation sites is 1. The number of anilines is 4. The predicted octanol–water partition coefficient (Wildman–Crippen LogP) is 6.36. The Balaban J connectivity index is 1.68. The number of hydrogen-bond donors (Lipinski definition) is 3. The normalized spacial score (nSPS) is 14.6. The lowest BCUT2D eigenvalue weighted by molar-refractivity contribution is 0.242. The Kier molecular flexibility index (Phi) is 8.80. The fourth-order valence-electron chi connectivity index (χ4n) is 4.57. The molecule has 0 spiro atoms. The van der Waals surface area contributed by atoms with Gasteiger partial charge < -0.3 is 20.7 Å². The molecule has 2 heterocycles. The summed E-state index contributed by atoms with van der Waals surface area (Å²) < 4.78 is 31.9. The molecule has 1 aliphatic rings. The summed E-state index contributed by atoms with van der Waals surface area (Å²) >= 11 is 6.43. The SMILES string of the molecule is Cc1c(Nc2ncc(Cl)c(Nc3ccccc3S(=O)(=O)C(C)C)n2)cc(OC(C)C)cc1C1CCNCC1. The van der Waals surface area contributed by atoms with Crippen LogP contribution in [-0.2, 0) is 9.84 Å². The summed E-state index contributed by atoms with van der Waals surface area (Å²) in [5.41, 5.74) is 3.64. The first-order valence-corrected chi connectivity index (χ1v) is 14.9. The van der Waals surface area contributed by atoms with E-state index in [-0.39, 0.29) is 16.0 Å². The van der Waals surface area contributed by atoms with Crippen LogP contribution in [0.25, 0.3) is 0 Å². The van der Waals surface area contributed by atoms with Gasteiger partial charge in [0, 0.05) is 11.8 Å². The van der Waals surface area contributed by atoms with E-state index < -0.39 is 15.1 Å². The van der Waals surface area contributed by atoms with E-state index in [1.165, 1.54) is 11.8 Å². The first-order valence-electron chi connectivity index (χ1n) is 13.0. The Morgan fingerprint density at radius 3 is 2.45 bits per heavy atom. The second-order valence-corrected chi connectivity index (χ2v) is 13.0. The number of rotatable bonds is 9. The summed E-state index contributed by atoms with van der Waals surface area (Å²) in [5.74, 6) is 1.88. The fourth-order valence-corrected chi connectivity index (χ4v) is 5.91. The van der Waals surface area contributed by atoms with Crippen LogP contribution < -0.4 is 20.7 Å². The summed E-state index contributed by atoms with van der Waals surface area (Å²) in [5, 5.41) is 9.59. The topological polar surface area (TPSA) is 105 Å². The molecule has 0 radical (unpaired) electrons. The number of ether oxygens (including phenoxy) is 1. The van der Waals surface area contributed by atoms with Gasteiger partial charge in [-0.2, -0.15) is 4.98 Å². The van der Waals surface area contributed by atoms with E-state index in [0.29, 0.717) is 23.4 Å². The average Bonchev–Trinajstić information content (AvgIpc) is 2.88. The smallest absolute Gasteiger partial charge is 0.229 e. The van der Waals surface area contributed by atoms with Crippen LogP contribution in [0, 0.1) is 6.92 Å². The van der Waals surface area contributed by atoms with Crippen molar-refractivity contribution >= 4 is 44.6 Å². The molecule has 3 aromatic rings. The van der Waals surface area contributed by atoms with Crippen molar-refractivity contribution < 1.29 is 13.2 Å². The zero-order valence-corrected chi connectivity index (χ0v) is 24.1. The maximum absolute atomic E-state index is 12.9. The Morgan fingerprint density at radius 2 is 1.76 bits per heavy atom. The summed E-state index contributed by atoms with van der Waals surface area (Å²) in [6.07, 6.45) is 3.66. The molecule has 0 aliphatic carbocycles. The van der Waals surface area contributed by atoms with Crippen LogP contribution in [-0.4, -0.2) is 42.8 Å². The molecule has 4 rings (SSSR count). The first kappa shape index (κ1) is 28.1. The molecule has 1 aromatic heterocycles. The second-order valence-electron chi connectivity index (χ2n) is 10.1. The van der Waals surface area contributed by atoms with Crippen molar-refractivity contribution in [2.45, 2.75) is 69.6 Å². The monoisotopic (exact) mass is 557 g/mol. The summed E-state index contributed by atoms with van der Waals surface area (Å²) in [6.45, 7) is 11.4. The Morgan fingerprint density at radius 1 is 1.05 bits per heavy atom. The molecule has 2 aromatic carbocycles. The van der Waals surface area contributed by atoms with E-state index in [4.69, 9.17) is 16.3 Å². The van der Waals surface area contributed by atoms with Crippen LogP contribution in [0.1, 0.15) is 57.6 Å². The first-order chi connectivity index (χ1) is 18.1. The minimum absolute atomic E-state index is 0.0381. The van der Waals surface area contributed by atoms with Gasteiger partial charge in [-0.3, -0.25) is 0 Å². The summed E-state index contributed by atoms with van der Waals surface area (Å²) in [4.78, 5) is 9.17. The number of nitrogens with one attached hydrogen (secondary N) is 3. The quantitative estimate of drug-likeness (QED) is 0.279. The van der Waals surface area contributed by atoms with Gasteiger partial charge in [-0.25, -0.2) is 13.4 Å². The van der Waals surface area contributed by atoms with Gasteiger partial charge in [0.2, 0.25) is 5.95 Å². The largest absolute Gasteiger partial charge is 0.491 e. The number of nitrogens with zero attached hydrogens (tertiary/aromatic N) is 2. The van der Waals surface area contributed by atoms with Gasteiger partial charge in [-0.05, 0) is 95.8 Å². The summed E-state index contributed by atoms with van der Waals surface area (Å²) in [7, 11) is -3.52. The third-order valence-electron chi connectivity index (χ3n) is 6.63. The highest BCUT2D eigenvalue weighted by Gasteiger charge is 2.24. The zero-order chi connectivity index (χ0) is 27.4. The molecule has 10 heteroatoms. The second kappa shape index (κ2) is 11.9. The molecule has 3 N–H and O–H groups in total. The molecule has 0 saturated carbocycles. The predicted molar refractivity (Wildman–Crippen MR) is 154 cm³/mol. The van der Waals surface area contributed by atoms with Gasteiger partial charge in [0.25, 0.3) is 0 Å². The van der Waals surface area contributed by atoms with Crippen molar-refractivity contribution in [1.82, 2.24) is 15.3 Å². The highest BCUT2D eigenvalue weighted by atomic mass is 35.5. The lowest BCUT2D eigenvalue weighted by atomic mass is 9.86. The molecule has 1 fully saturated rings. The molecule has 1 aliphatic heterocycles. The Bertz CT molecular complexity index is 1390. The van der Waals surface area contributed by atoms with Gasteiger partial charge in [-0.15, -0.1) is 0 Å². The van der Waals surface area contributed by atoms with E-state index in [9.17, 15) is 8.42 Å². The van der Waals surface area contributed by atoms with Crippen molar-refractivity contribution in [3.63, 3.8) is 0 Å². The molecular formula is C28H36ClN5O3S. The highest BCUT2D eigenvalue weighted by Crippen LogP contribution is 2.37. The maximum Gasteiger partial charge on any atom is 0.229 e. The highest BCUT2D eigenvalue weighted by molar-refractivity contribution is 7.92. The van der Waals surface area contributed by atoms with Gasteiger partial charge in [0.05, 0.1) is 28.1 Å². The minimum Gasteiger partial charge on any atom is -0.491 e. The van der Waals surface area contributed by atoms with Crippen LogP contribution in [0.15, 0.2) is 47.5 Å². The number of piperidine rings is 1. The standard InChI is InChI=1S/C28H36ClN5O3S/c1-17(2)37-21-14-22(20-10-12-30-13-11-20)19(5)25(15-21)33-28-31-16-23(29)27(34-28)32-24-8-6-7-9-26(24)38(35,36)18(3)4/h6-9,14-18,20,30H,10-13H2,1-5H3,(H2,31,32,33,34). The molecule has 0 unspecified atom stereocenters. The van der Waals surface area contributed by atoms with Crippen LogP contribution in [0.5, 0.6) is 5.75 Å². The van der Waals surface area contributed by atoms with Gasteiger partial charge in [0.15, 0.2) is 15.7 Å². The minimum atomic E-state index is -3.52. The maximum atomic E-state index is 12.9. The van der Waals surface area contributed by atoms with E-state index in [1.54, 1.807) is 38.1 Å². The molecule has 204 valence electrons. The number of halogens is 1. The molecule has 38 heavy (non-hydrogen) atoms. The third-order valence-corrected chi connectivity index (χ3v) is 9.12. The van der Waals surface area contributed by atoms with Crippen molar-refractivity contribution in [3.05, 3.63) is 58.7 Å². The van der Waals surface area contributed by atoms with Crippen molar-refractivity contribution in [2.24, 2.45) is 0 Å². The van der Waals surface area contributed by atoms with Crippen LogP contribution in [0.4, 0.5) is 23.1 Å². The third kappa shape index (κ3) is 6.39. The molecule has 0 bridgehead atoms. The van der Waals surface area contributed by atoms with E-state index in [2.05, 4.69) is 38.9 Å². The van der Waals surface area contributed by atoms with E-state index in [0.717, 1.165) is 42.9 Å². The fraction of sp³-hybridized carbons (Fsp3) is 0.429. The number of sulfone groups is 1. The lowest BCUT2D eigenvalue weighted by Gasteiger charge is -2.26. The van der Waals surface area contributed by atoms with Gasteiger partial charge in [-0.1, -0.05) is 23.7 Å². The van der Waals surface area contributed by atoms with Crippen LogP contribution in [0.3, 0.4) is 0 Å². The van der Waals surface area contributed by atoms with Gasteiger partial charge in [0.1, 0.15) is 10.8 Å². The number of benzene rings is 2. The lowest BCUT2D eigenvalue weighted by Crippen LogP contribution is -2.27. The Hall–Kier alpha value is -2.88. The molecule has 1 saturated heterocycles. The molecule has 0 amide bonds. The number of aromatic nitrogens is 2. The molecule has 8 nitrogen and oxygen atoms in total. The number of hydrogen-bond acceptors (Lipinski definition) is 8. The summed E-state index contributed by atoms with van der Waals surface area (Å²) in [6, 6.07) is 10.9. The van der Waals surface area contributed by atoms with Crippen molar-refractivity contribution in [2.75, 3.05) is 23.7 Å². The Labute approximate surface area is 230 Å². The van der Waals surface area contributed by atoms with Crippen LogP contribution >= 0.6 is 11.6 Å². The van der Waals surface area contributed by atoms with Crippen molar-refractivity contribution in [1.29, 1.82) is 0 Å².